The number of nitrogens with zero attached hydrogens (tertiary/aromatic N) is 3. The average molecular weight is 403 g/mol. The smallest absolute Gasteiger partial charge is 0.241 e. The number of benzene rings is 1. The first kappa shape index (κ1) is 18.8. The van der Waals surface area contributed by atoms with Gasteiger partial charge >= 0.3 is 0 Å². The highest BCUT2D eigenvalue weighted by Gasteiger charge is 2.26. The van der Waals surface area contributed by atoms with Crippen molar-refractivity contribution in [3.8, 4) is 11.5 Å². The van der Waals surface area contributed by atoms with Crippen LogP contribution in [0.1, 0.15) is 6.92 Å². The molecule has 7 nitrogen and oxygen atoms in total. The van der Waals surface area contributed by atoms with Crippen molar-refractivity contribution in [1.82, 2.24) is 9.88 Å². The standard InChI is InChI=1S/C20H23ClN4O3/c1-14(20(26)23-16-3-4-17-18(12-16)28-11-10-27-17)24-6-8-25(9-7-24)19-5-2-15(21)13-22-19/h2-5,12-14H,6-11H2,1H3,(H,23,26). The van der Waals surface area contributed by atoms with Crippen LogP contribution in [0.3, 0.4) is 0 Å². The number of aromatic nitrogens is 1. The summed E-state index contributed by atoms with van der Waals surface area (Å²) in [4.78, 5) is 21.5. The molecule has 0 saturated carbocycles. The molecule has 1 amide bonds. The number of rotatable bonds is 4. The number of carbonyl (C=O) groups excluding carboxylic acids is 1. The van der Waals surface area contributed by atoms with E-state index in [0.717, 1.165) is 32.0 Å². The second kappa shape index (κ2) is 8.24. The molecule has 148 valence electrons. The third kappa shape index (κ3) is 4.15. The monoisotopic (exact) mass is 402 g/mol. The van der Waals surface area contributed by atoms with Crippen molar-refractivity contribution in [3.05, 3.63) is 41.6 Å². The van der Waals surface area contributed by atoms with Crippen LogP contribution in [0, 0.1) is 0 Å². The topological polar surface area (TPSA) is 66.9 Å². The first-order chi connectivity index (χ1) is 13.6. The second-order valence-electron chi connectivity index (χ2n) is 6.88. The Kier molecular flexibility index (Phi) is 5.54. The summed E-state index contributed by atoms with van der Waals surface area (Å²) in [6.07, 6.45) is 1.66. The van der Waals surface area contributed by atoms with E-state index in [1.807, 2.05) is 37.3 Å². The molecule has 1 N–H and O–H groups in total. The molecule has 2 aliphatic rings. The van der Waals surface area contributed by atoms with Gasteiger partial charge in [0.1, 0.15) is 19.0 Å². The Morgan fingerprint density at radius 1 is 1.11 bits per heavy atom. The molecule has 4 rings (SSSR count). The van der Waals surface area contributed by atoms with Crippen molar-refractivity contribution in [2.45, 2.75) is 13.0 Å². The highest BCUT2D eigenvalue weighted by molar-refractivity contribution is 6.30. The number of ether oxygens (including phenoxy) is 2. The lowest BCUT2D eigenvalue weighted by Crippen LogP contribution is -2.53. The second-order valence-corrected chi connectivity index (χ2v) is 7.32. The van der Waals surface area contributed by atoms with Crippen molar-refractivity contribution in [1.29, 1.82) is 0 Å². The highest BCUT2D eigenvalue weighted by Crippen LogP contribution is 2.32. The molecular weight excluding hydrogens is 380 g/mol. The van der Waals surface area contributed by atoms with Gasteiger partial charge in [0.2, 0.25) is 5.91 Å². The maximum atomic E-state index is 12.7. The van der Waals surface area contributed by atoms with Gasteiger partial charge in [-0.25, -0.2) is 4.98 Å². The molecule has 1 saturated heterocycles. The molecule has 0 spiro atoms. The normalized spacial score (nSPS) is 17.9. The van der Waals surface area contributed by atoms with Crippen LogP contribution in [0.2, 0.25) is 5.02 Å². The number of fused-ring (bicyclic) bond motifs is 1. The minimum atomic E-state index is -0.228. The van der Waals surface area contributed by atoms with Gasteiger partial charge in [0.15, 0.2) is 11.5 Å². The molecule has 1 atom stereocenters. The van der Waals surface area contributed by atoms with Crippen molar-refractivity contribution in [2.24, 2.45) is 0 Å². The van der Waals surface area contributed by atoms with Crippen LogP contribution in [-0.2, 0) is 4.79 Å². The molecule has 2 aromatic rings. The van der Waals surface area contributed by atoms with Gasteiger partial charge in [-0.15, -0.1) is 0 Å². The van der Waals surface area contributed by atoms with Gasteiger partial charge < -0.3 is 19.7 Å². The molecular formula is C20H23ClN4O3. The Morgan fingerprint density at radius 2 is 1.86 bits per heavy atom. The predicted octanol–water partition coefficient (Wildman–Crippen LogP) is 2.66. The summed E-state index contributed by atoms with van der Waals surface area (Å²) < 4.78 is 11.1. The van der Waals surface area contributed by atoms with Gasteiger partial charge in [-0.05, 0) is 31.2 Å². The Labute approximate surface area is 169 Å². The summed E-state index contributed by atoms with van der Waals surface area (Å²) in [5.74, 6) is 2.26. The molecule has 1 aromatic carbocycles. The lowest BCUT2D eigenvalue weighted by atomic mass is 10.2. The molecule has 8 heteroatoms. The molecule has 1 aromatic heterocycles. The Bertz CT molecular complexity index is 838. The zero-order valence-corrected chi connectivity index (χ0v) is 16.5. The minimum absolute atomic E-state index is 0.0326. The SMILES string of the molecule is CC(C(=O)Nc1ccc2c(c1)OCCO2)N1CCN(c2ccc(Cl)cn2)CC1. The number of anilines is 2. The van der Waals surface area contributed by atoms with E-state index in [-0.39, 0.29) is 11.9 Å². The number of hydrogen-bond donors (Lipinski definition) is 1. The summed E-state index contributed by atoms with van der Waals surface area (Å²) in [5, 5.41) is 3.61. The van der Waals surface area contributed by atoms with E-state index in [1.165, 1.54) is 0 Å². The zero-order valence-electron chi connectivity index (χ0n) is 15.7. The molecule has 1 fully saturated rings. The van der Waals surface area contributed by atoms with Crippen LogP contribution in [0.15, 0.2) is 36.5 Å². The zero-order chi connectivity index (χ0) is 19.5. The molecule has 0 radical (unpaired) electrons. The first-order valence-corrected chi connectivity index (χ1v) is 9.79. The molecule has 2 aliphatic heterocycles. The van der Waals surface area contributed by atoms with Gasteiger partial charge in [-0.3, -0.25) is 9.69 Å². The number of carbonyl (C=O) groups is 1. The average Bonchev–Trinajstić information content (AvgIpc) is 2.74. The summed E-state index contributed by atoms with van der Waals surface area (Å²) >= 11 is 5.91. The van der Waals surface area contributed by atoms with E-state index < -0.39 is 0 Å². The molecule has 28 heavy (non-hydrogen) atoms. The minimum Gasteiger partial charge on any atom is -0.486 e. The fourth-order valence-corrected chi connectivity index (χ4v) is 3.54. The number of piperazine rings is 1. The summed E-state index contributed by atoms with van der Waals surface area (Å²) in [6, 6.07) is 9.02. The van der Waals surface area contributed by atoms with Crippen LogP contribution in [-0.4, -0.2) is 61.2 Å². The van der Waals surface area contributed by atoms with Gasteiger partial charge in [0, 0.05) is 44.1 Å². The summed E-state index contributed by atoms with van der Waals surface area (Å²) in [5.41, 5.74) is 0.713. The van der Waals surface area contributed by atoms with E-state index >= 15 is 0 Å². The van der Waals surface area contributed by atoms with Crippen LogP contribution in [0.25, 0.3) is 0 Å². The number of nitrogens with one attached hydrogen (secondary N) is 1. The number of pyridine rings is 1. The maximum Gasteiger partial charge on any atom is 0.241 e. The number of halogens is 1. The van der Waals surface area contributed by atoms with E-state index in [9.17, 15) is 4.79 Å². The lowest BCUT2D eigenvalue weighted by Gasteiger charge is -2.38. The van der Waals surface area contributed by atoms with Gasteiger partial charge in [0.25, 0.3) is 0 Å². The van der Waals surface area contributed by atoms with E-state index in [2.05, 4.69) is 20.1 Å². The van der Waals surface area contributed by atoms with Crippen LogP contribution >= 0.6 is 11.6 Å². The van der Waals surface area contributed by atoms with Crippen molar-refractivity contribution in [2.75, 3.05) is 49.6 Å². The highest BCUT2D eigenvalue weighted by atomic mass is 35.5. The fraction of sp³-hybridized carbons (Fsp3) is 0.400. The third-order valence-electron chi connectivity index (χ3n) is 5.09. The number of amides is 1. The molecule has 3 heterocycles. The Hall–Kier alpha value is -2.51. The Morgan fingerprint density at radius 3 is 2.57 bits per heavy atom. The van der Waals surface area contributed by atoms with Crippen molar-refractivity contribution < 1.29 is 14.3 Å². The largest absolute Gasteiger partial charge is 0.486 e. The predicted molar refractivity (Wildman–Crippen MR) is 109 cm³/mol. The molecule has 1 unspecified atom stereocenters. The summed E-state index contributed by atoms with van der Waals surface area (Å²) in [7, 11) is 0. The van der Waals surface area contributed by atoms with E-state index in [1.54, 1.807) is 6.20 Å². The summed E-state index contributed by atoms with van der Waals surface area (Å²) in [6.45, 7) is 6.22. The van der Waals surface area contributed by atoms with E-state index in [4.69, 9.17) is 21.1 Å². The molecule has 0 bridgehead atoms. The van der Waals surface area contributed by atoms with Crippen LogP contribution in [0.5, 0.6) is 11.5 Å². The van der Waals surface area contributed by atoms with Crippen molar-refractivity contribution >= 4 is 29.0 Å². The van der Waals surface area contributed by atoms with Crippen molar-refractivity contribution in [3.63, 3.8) is 0 Å². The fourth-order valence-electron chi connectivity index (χ4n) is 3.43. The lowest BCUT2D eigenvalue weighted by molar-refractivity contribution is -0.120. The maximum absolute atomic E-state index is 12.7. The van der Waals surface area contributed by atoms with E-state index in [0.29, 0.717) is 35.4 Å². The molecule has 0 aliphatic carbocycles. The van der Waals surface area contributed by atoms with Crippen LogP contribution in [0.4, 0.5) is 11.5 Å². The third-order valence-corrected chi connectivity index (χ3v) is 5.31. The quantitative estimate of drug-likeness (QED) is 0.848. The van der Waals surface area contributed by atoms with Gasteiger partial charge in [-0.2, -0.15) is 0 Å². The number of hydrogen-bond acceptors (Lipinski definition) is 6. The first-order valence-electron chi connectivity index (χ1n) is 9.41. The van der Waals surface area contributed by atoms with Gasteiger partial charge in [0.05, 0.1) is 11.1 Å². The Balaban J connectivity index is 1.32. The van der Waals surface area contributed by atoms with Gasteiger partial charge in [-0.1, -0.05) is 11.6 Å². The van der Waals surface area contributed by atoms with Crippen LogP contribution < -0.4 is 19.7 Å².